The average Bonchev–Trinajstić information content (AvgIpc) is 2.29. The summed E-state index contributed by atoms with van der Waals surface area (Å²) in [6.45, 7) is 4.60. The fraction of sp³-hybridized carbons (Fsp3) is 0.600. The molecule has 0 saturated heterocycles. The molecule has 0 radical (unpaired) electrons. The van der Waals surface area contributed by atoms with Gasteiger partial charge in [-0.3, -0.25) is 0 Å². The minimum atomic E-state index is -0.438. The number of aromatic nitrogens is 2. The number of nitrogens with one attached hydrogen (secondary N) is 1. The summed E-state index contributed by atoms with van der Waals surface area (Å²) in [5.41, 5.74) is 5.52. The third-order valence-electron chi connectivity index (χ3n) is 2.74. The summed E-state index contributed by atoms with van der Waals surface area (Å²) in [5.74, 6) is -0.0163. The molecule has 84 valence electrons. The molecule has 0 aliphatic rings. The van der Waals surface area contributed by atoms with Gasteiger partial charge in [-0.15, -0.1) is 0 Å². The molecule has 0 bridgehead atoms. The molecule has 0 aromatic carbocycles. The summed E-state index contributed by atoms with van der Waals surface area (Å²) < 4.78 is 12.6. The lowest BCUT2D eigenvalue weighted by molar-refractivity contribution is 0.441. The van der Waals surface area contributed by atoms with E-state index in [9.17, 15) is 4.39 Å². The second-order valence-corrected chi connectivity index (χ2v) is 3.54. The van der Waals surface area contributed by atoms with E-state index in [2.05, 4.69) is 15.3 Å². The summed E-state index contributed by atoms with van der Waals surface area (Å²) in [4.78, 5) is 7.71. The smallest absolute Gasteiger partial charge is 0.223 e. The first-order valence-corrected chi connectivity index (χ1v) is 5.11. The SMILES string of the molecule is CCC(CC)(CN)Nc1ncc(F)cn1. The third-order valence-corrected chi connectivity index (χ3v) is 2.74. The lowest BCUT2D eigenvalue weighted by Crippen LogP contribution is -2.44. The second kappa shape index (κ2) is 5.02. The molecule has 1 aromatic rings. The number of hydrogen-bond donors (Lipinski definition) is 2. The molecule has 0 aliphatic heterocycles. The Balaban J connectivity index is 2.78. The van der Waals surface area contributed by atoms with E-state index in [4.69, 9.17) is 5.73 Å². The number of rotatable bonds is 5. The summed E-state index contributed by atoms with van der Waals surface area (Å²) in [6.07, 6.45) is 4.03. The maximum atomic E-state index is 12.6. The van der Waals surface area contributed by atoms with Crippen LogP contribution < -0.4 is 11.1 Å². The standard InChI is InChI=1S/C10H17FN4/c1-3-10(4-2,7-12)15-9-13-5-8(11)6-14-9/h5-6H,3-4,7,12H2,1-2H3,(H,13,14,15). The molecule has 0 unspecified atom stereocenters. The first-order chi connectivity index (χ1) is 7.15. The molecule has 0 fully saturated rings. The van der Waals surface area contributed by atoms with Gasteiger partial charge in [0.15, 0.2) is 5.82 Å². The quantitative estimate of drug-likeness (QED) is 0.777. The van der Waals surface area contributed by atoms with Crippen molar-refractivity contribution in [2.45, 2.75) is 32.2 Å². The molecule has 0 amide bonds. The molecule has 4 nitrogen and oxygen atoms in total. The van der Waals surface area contributed by atoms with Crippen molar-refractivity contribution in [1.82, 2.24) is 9.97 Å². The van der Waals surface area contributed by atoms with Crippen molar-refractivity contribution in [2.75, 3.05) is 11.9 Å². The van der Waals surface area contributed by atoms with Gasteiger partial charge in [-0.05, 0) is 12.8 Å². The van der Waals surface area contributed by atoms with Crippen LogP contribution in [0.4, 0.5) is 10.3 Å². The van der Waals surface area contributed by atoms with Crippen LogP contribution in [0.1, 0.15) is 26.7 Å². The van der Waals surface area contributed by atoms with Gasteiger partial charge in [0, 0.05) is 6.54 Å². The zero-order chi connectivity index (χ0) is 11.3. The predicted octanol–water partition coefficient (Wildman–Crippen LogP) is 1.55. The molecule has 1 aromatic heterocycles. The van der Waals surface area contributed by atoms with Crippen LogP contribution in [0.5, 0.6) is 0 Å². The fourth-order valence-electron chi connectivity index (χ4n) is 1.38. The van der Waals surface area contributed by atoms with Crippen LogP contribution in [0.2, 0.25) is 0 Å². The number of nitrogens with two attached hydrogens (primary N) is 1. The number of anilines is 1. The van der Waals surface area contributed by atoms with Crippen molar-refractivity contribution in [2.24, 2.45) is 5.73 Å². The Morgan fingerprint density at radius 1 is 1.33 bits per heavy atom. The van der Waals surface area contributed by atoms with E-state index in [1.165, 1.54) is 0 Å². The molecule has 0 spiro atoms. The molecule has 0 saturated carbocycles. The first-order valence-electron chi connectivity index (χ1n) is 5.11. The molecule has 1 rings (SSSR count). The molecular weight excluding hydrogens is 195 g/mol. The van der Waals surface area contributed by atoms with Gasteiger partial charge in [0.25, 0.3) is 0 Å². The molecule has 15 heavy (non-hydrogen) atoms. The average molecular weight is 212 g/mol. The van der Waals surface area contributed by atoms with E-state index >= 15 is 0 Å². The largest absolute Gasteiger partial charge is 0.348 e. The lowest BCUT2D eigenvalue weighted by atomic mass is 9.93. The van der Waals surface area contributed by atoms with Gasteiger partial charge in [-0.2, -0.15) is 0 Å². The van der Waals surface area contributed by atoms with Gasteiger partial charge >= 0.3 is 0 Å². The van der Waals surface area contributed by atoms with Gasteiger partial charge in [0.1, 0.15) is 0 Å². The van der Waals surface area contributed by atoms with Crippen LogP contribution >= 0.6 is 0 Å². The number of hydrogen-bond acceptors (Lipinski definition) is 4. The van der Waals surface area contributed by atoms with Crippen molar-refractivity contribution >= 4 is 5.95 Å². The van der Waals surface area contributed by atoms with Crippen molar-refractivity contribution in [1.29, 1.82) is 0 Å². The van der Waals surface area contributed by atoms with Crippen molar-refractivity contribution in [3.05, 3.63) is 18.2 Å². The first kappa shape index (κ1) is 11.8. The Morgan fingerprint density at radius 3 is 2.27 bits per heavy atom. The molecule has 0 aliphatic carbocycles. The Kier molecular flexibility index (Phi) is 3.96. The zero-order valence-electron chi connectivity index (χ0n) is 9.13. The molecule has 0 atom stereocenters. The third kappa shape index (κ3) is 2.86. The van der Waals surface area contributed by atoms with E-state index < -0.39 is 5.82 Å². The topological polar surface area (TPSA) is 63.8 Å². The molecular formula is C10H17FN4. The Bertz CT molecular complexity index is 287. The van der Waals surface area contributed by atoms with E-state index in [1.54, 1.807) is 0 Å². The maximum Gasteiger partial charge on any atom is 0.223 e. The Labute approximate surface area is 89.1 Å². The fourth-order valence-corrected chi connectivity index (χ4v) is 1.38. The summed E-state index contributed by atoms with van der Waals surface area (Å²) in [6, 6.07) is 0. The minimum Gasteiger partial charge on any atom is -0.348 e. The zero-order valence-corrected chi connectivity index (χ0v) is 9.13. The van der Waals surface area contributed by atoms with Crippen LogP contribution in [0.3, 0.4) is 0 Å². The maximum absolute atomic E-state index is 12.6. The summed E-state index contributed by atoms with van der Waals surface area (Å²) in [5, 5.41) is 3.15. The number of halogens is 1. The van der Waals surface area contributed by atoms with Crippen LogP contribution in [0, 0.1) is 5.82 Å². The Hall–Kier alpha value is -1.23. The van der Waals surface area contributed by atoms with Gasteiger partial charge < -0.3 is 11.1 Å². The van der Waals surface area contributed by atoms with E-state index in [0.29, 0.717) is 12.5 Å². The molecule has 1 heterocycles. The van der Waals surface area contributed by atoms with Crippen molar-refractivity contribution in [3.63, 3.8) is 0 Å². The highest BCUT2D eigenvalue weighted by Gasteiger charge is 2.24. The van der Waals surface area contributed by atoms with Gasteiger partial charge in [0.2, 0.25) is 5.95 Å². The van der Waals surface area contributed by atoms with Crippen LogP contribution in [0.25, 0.3) is 0 Å². The van der Waals surface area contributed by atoms with Crippen LogP contribution in [0.15, 0.2) is 12.4 Å². The minimum absolute atomic E-state index is 0.197. The van der Waals surface area contributed by atoms with Gasteiger partial charge in [0.05, 0.1) is 17.9 Å². The van der Waals surface area contributed by atoms with E-state index in [0.717, 1.165) is 25.2 Å². The highest BCUT2D eigenvalue weighted by atomic mass is 19.1. The predicted molar refractivity (Wildman–Crippen MR) is 58.0 cm³/mol. The molecule has 3 N–H and O–H groups in total. The monoisotopic (exact) mass is 212 g/mol. The van der Waals surface area contributed by atoms with Crippen LogP contribution in [-0.2, 0) is 0 Å². The van der Waals surface area contributed by atoms with Crippen LogP contribution in [-0.4, -0.2) is 22.1 Å². The normalized spacial score (nSPS) is 11.5. The molecule has 5 heteroatoms. The second-order valence-electron chi connectivity index (χ2n) is 3.54. The highest BCUT2D eigenvalue weighted by Crippen LogP contribution is 2.18. The van der Waals surface area contributed by atoms with Gasteiger partial charge in [-0.25, -0.2) is 14.4 Å². The Morgan fingerprint density at radius 2 is 1.87 bits per heavy atom. The van der Waals surface area contributed by atoms with Crippen molar-refractivity contribution < 1.29 is 4.39 Å². The summed E-state index contributed by atoms with van der Waals surface area (Å²) in [7, 11) is 0. The van der Waals surface area contributed by atoms with E-state index in [-0.39, 0.29) is 5.54 Å². The lowest BCUT2D eigenvalue weighted by Gasteiger charge is -2.31. The number of nitrogens with zero attached hydrogens (tertiary/aromatic N) is 2. The highest BCUT2D eigenvalue weighted by molar-refractivity contribution is 5.28. The van der Waals surface area contributed by atoms with E-state index in [1.807, 2.05) is 13.8 Å². The van der Waals surface area contributed by atoms with Crippen molar-refractivity contribution in [3.8, 4) is 0 Å². The van der Waals surface area contributed by atoms with Gasteiger partial charge in [-0.1, -0.05) is 13.8 Å². The summed E-state index contributed by atoms with van der Waals surface area (Å²) >= 11 is 0.